The highest BCUT2D eigenvalue weighted by atomic mass is 16.5. The number of allylic oxidation sites excluding steroid dienone is 3. The van der Waals surface area contributed by atoms with Gasteiger partial charge in [0.15, 0.2) is 5.76 Å². The third-order valence-corrected chi connectivity index (χ3v) is 1.87. The number of aliphatic hydroxyl groups excluding tert-OH is 1. The van der Waals surface area contributed by atoms with Crippen LogP contribution in [0.3, 0.4) is 0 Å². The standard InChI is InChI=1S/C8H12N2O2/c1-5-6(10-9)3-4-7(11)8(5)12-2/h3-5,11H,9H2,1-2H3. The first kappa shape index (κ1) is 8.64. The summed E-state index contributed by atoms with van der Waals surface area (Å²) in [5.74, 6) is 5.69. The molecule has 66 valence electrons. The molecule has 4 heteroatoms. The van der Waals surface area contributed by atoms with Crippen molar-refractivity contribution in [3.05, 3.63) is 23.7 Å². The van der Waals surface area contributed by atoms with E-state index in [1.165, 1.54) is 13.2 Å². The SMILES string of the molecule is COC1=C(O)C=CC(=NN)C1C. The van der Waals surface area contributed by atoms with Crippen molar-refractivity contribution in [2.75, 3.05) is 7.11 Å². The first-order valence-electron chi connectivity index (χ1n) is 3.63. The molecule has 0 heterocycles. The van der Waals surface area contributed by atoms with Gasteiger partial charge in [-0.15, -0.1) is 0 Å². The van der Waals surface area contributed by atoms with Gasteiger partial charge in [-0.05, 0) is 19.1 Å². The van der Waals surface area contributed by atoms with Crippen LogP contribution in [-0.4, -0.2) is 17.9 Å². The summed E-state index contributed by atoms with van der Waals surface area (Å²) in [5, 5.41) is 12.9. The second-order valence-electron chi connectivity index (χ2n) is 2.56. The lowest BCUT2D eigenvalue weighted by Gasteiger charge is -2.18. The van der Waals surface area contributed by atoms with E-state index in [1.54, 1.807) is 6.08 Å². The molecule has 0 aromatic heterocycles. The Hall–Kier alpha value is -1.45. The van der Waals surface area contributed by atoms with E-state index >= 15 is 0 Å². The maximum Gasteiger partial charge on any atom is 0.153 e. The molecule has 0 fully saturated rings. The smallest absolute Gasteiger partial charge is 0.153 e. The Labute approximate surface area is 71.0 Å². The molecule has 3 N–H and O–H groups in total. The molecule has 4 nitrogen and oxygen atoms in total. The van der Waals surface area contributed by atoms with Crippen molar-refractivity contribution in [3.8, 4) is 0 Å². The molecule has 0 amide bonds. The monoisotopic (exact) mass is 168 g/mol. The van der Waals surface area contributed by atoms with Crippen molar-refractivity contribution in [1.82, 2.24) is 0 Å². The zero-order valence-corrected chi connectivity index (χ0v) is 7.11. The van der Waals surface area contributed by atoms with Gasteiger partial charge in [0.1, 0.15) is 5.76 Å². The van der Waals surface area contributed by atoms with E-state index in [1.807, 2.05) is 6.92 Å². The van der Waals surface area contributed by atoms with E-state index < -0.39 is 0 Å². The molecule has 1 aliphatic rings. The van der Waals surface area contributed by atoms with Gasteiger partial charge in [-0.1, -0.05) is 0 Å². The van der Waals surface area contributed by atoms with Crippen LogP contribution in [0.4, 0.5) is 0 Å². The minimum Gasteiger partial charge on any atom is -0.504 e. The summed E-state index contributed by atoms with van der Waals surface area (Å²) >= 11 is 0. The third-order valence-electron chi connectivity index (χ3n) is 1.87. The molecule has 0 aromatic rings. The lowest BCUT2D eigenvalue weighted by Crippen LogP contribution is -2.19. The second-order valence-corrected chi connectivity index (χ2v) is 2.56. The number of nitrogens with zero attached hydrogens (tertiary/aromatic N) is 1. The fraction of sp³-hybridized carbons (Fsp3) is 0.375. The molecular formula is C8H12N2O2. The average molecular weight is 168 g/mol. The van der Waals surface area contributed by atoms with Crippen molar-refractivity contribution in [2.45, 2.75) is 6.92 Å². The van der Waals surface area contributed by atoms with E-state index in [0.717, 1.165) is 0 Å². The van der Waals surface area contributed by atoms with Crippen LogP contribution in [0.2, 0.25) is 0 Å². The fourth-order valence-electron chi connectivity index (χ4n) is 1.18. The van der Waals surface area contributed by atoms with E-state index in [4.69, 9.17) is 10.6 Å². The molecule has 0 saturated carbocycles. The minimum absolute atomic E-state index is 0.0787. The van der Waals surface area contributed by atoms with Crippen LogP contribution in [0.1, 0.15) is 6.92 Å². The first-order chi connectivity index (χ1) is 5.70. The molecule has 0 radical (unpaired) electrons. The summed E-state index contributed by atoms with van der Waals surface area (Å²) in [6.45, 7) is 1.87. The number of hydrogen-bond acceptors (Lipinski definition) is 4. The van der Waals surface area contributed by atoms with Gasteiger partial charge < -0.3 is 15.7 Å². The van der Waals surface area contributed by atoms with Crippen molar-refractivity contribution >= 4 is 5.71 Å². The maximum atomic E-state index is 9.32. The quantitative estimate of drug-likeness (QED) is 0.452. The van der Waals surface area contributed by atoms with Crippen LogP contribution in [0.15, 0.2) is 28.8 Å². The van der Waals surface area contributed by atoms with Gasteiger partial charge >= 0.3 is 0 Å². The van der Waals surface area contributed by atoms with Crippen LogP contribution in [-0.2, 0) is 4.74 Å². The largest absolute Gasteiger partial charge is 0.504 e. The molecule has 1 atom stereocenters. The average Bonchev–Trinajstić information content (AvgIpc) is 2.06. The number of rotatable bonds is 1. The molecule has 12 heavy (non-hydrogen) atoms. The van der Waals surface area contributed by atoms with Gasteiger partial charge in [0.2, 0.25) is 0 Å². The summed E-state index contributed by atoms with van der Waals surface area (Å²) in [4.78, 5) is 0. The molecule has 0 aliphatic heterocycles. The zero-order chi connectivity index (χ0) is 9.14. The fourth-order valence-corrected chi connectivity index (χ4v) is 1.18. The Balaban J connectivity index is 3.01. The predicted octanol–water partition coefficient (Wildman–Crippen LogP) is 0.923. The number of ether oxygens (including phenoxy) is 1. The first-order valence-corrected chi connectivity index (χ1v) is 3.63. The molecule has 0 aromatic carbocycles. The second kappa shape index (κ2) is 3.30. The van der Waals surface area contributed by atoms with Crippen molar-refractivity contribution in [3.63, 3.8) is 0 Å². The van der Waals surface area contributed by atoms with Crippen molar-refractivity contribution in [2.24, 2.45) is 16.9 Å². The van der Waals surface area contributed by atoms with Gasteiger partial charge in [-0.3, -0.25) is 0 Å². The molecular weight excluding hydrogens is 156 g/mol. The minimum atomic E-state index is -0.0787. The highest BCUT2D eigenvalue weighted by Crippen LogP contribution is 2.21. The molecule has 0 spiro atoms. The number of nitrogens with two attached hydrogens (primary N) is 1. The molecule has 1 unspecified atom stereocenters. The topological polar surface area (TPSA) is 67.8 Å². The van der Waals surface area contributed by atoms with Crippen LogP contribution in [0.5, 0.6) is 0 Å². The molecule has 0 bridgehead atoms. The summed E-state index contributed by atoms with van der Waals surface area (Å²) in [5.41, 5.74) is 0.699. The van der Waals surface area contributed by atoms with Gasteiger partial charge in [0.05, 0.1) is 18.7 Å². The lowest BCUT2D eigenvalue weighted by atomic mass is 9.97. The molecule has 1 rings (SSSR count). The Morgan fingerprint density at radius 1 is 1.58 bits per heavy atom. The maximum absolute atomic E-state index is 9.32. The normalized spacial score (nSPS) is 26.5. The highest BCUT2D eigenvalue weighted by molar-refractivity contribution is 5.99. The molecule has 0 saturated heterocycles. The van der Waals surface area contributed by atoms with Gasteiger partial charge in [-0.25, -0.2) is 0 Å². The van der Waals surface area contributed by atoms with Crippen LogP contribution >= 0.6 is 0 Å². The van der Waals surface area contributed by atoms with Crippen LogP contribution < -0.4 is 5.84 Å². The van der Waals surface area contributed by atoms with Crippen LogP contribution in [0.25, 0.3) is 0 Å². The Kier molecular flexibility index (Phi) is 2.38. The van der Waals surface area contributed by atoms with Crippen molar-refractivity contribution < 1.29 is 9.84 Å². The Morgan fingerprint density at radius 3 is 2.75 bits per heavy atom. The number of hydrogen-bond donors (Lipinski definition) is 2. The van der Waals surface area contributed by atoms with E-state index in [2.05, 4.69) is 5.10 Å². The molecule has 1 aliphatic carbocycles. The van der Waals surface area contributed by atoms with E-state index in [9.17, 15) is 5.11 Å². The summed E-state index contributed by atoms with van der Waals surface area (Å²) < 4.78 is 4.99. The lowest BCUT2D eigenvalue weighted by molar-refractivity contribution is 0.236. The van der Waals surface area contributed by atoms with E-state index in [0.29, 0.717) is 11.5 Å². The summed E-state index contributed by atoms with van der Waals surface area (Å²) in [6, 6.07) is 0. The third kappa shape index (κ3) is 1.28. The van der Waals surface area contributed by atoms with E-state index in [-0.39, 0.29) is 11.7 Å². The van der Waals surface area contributed by atoms with Gasteiger partial charge in [0.25, 0.3) is 0 Å². The van der Waals surface area contributed by atoms with Gasteiger partial charge in [-0.2, -0.15) is 5.10 Å². The summed E-state index contributed by atoms with van der Waals surface area (Å²) in [7, 11) is 1.51. The Bertz CT molecular complexity index is 266. The Morgan fingerprint density at radius 2 is 2.25 bits per heavy atom. The number of hydrazone groups is 1. The van der Waals surface area contributed by atoms with Gasteiger partial charge in [0, 0.05) is 0 Å². The van der Waals surface area contributed by atoms with Crippen LogP contribution in [0, 0.1) is 5.92 Å². The number of methoxy groups -OCH3 is 1. The summed E-state index contributed by atoms with van der Waals surface area (Å²) in [6.07, 6.45) is 3.19. The predicted molar refractivity (Wildman–Crippen MR) is 46.6 cm³/mol. The zero-order valence-electron chi connectivity index (χ0n) is 7.11. The number of aliphatic hydroxyl groups is 1. The van der Waals surface area contributed by atoms with Crippen molar-refractivity contribution in [1.29, 1.82) is 0 Å². The highest BCUT2D eigenvalue weighted by Gasteiger charge is 2.21.